The van der Waals surface area contributed by atoms with Gasteiger partial charge in [0.05, 0.1) is 5.56 Å². The van der Waals surface area contributed by atoms with Crippen LogP contribution in [0.15, 0.2) is 22.7 Å². The Kier molecular flexibility index (Phi) is 4.46. The van der Waals surface area contributed by atoms with E-state index < -0.39 is 23.2 Å². The molecule has 0 aromatic heterocycles. The van der Waals surface area contributed by atoms with Crippen LogP contribution in [-0.2, 0) is 6.18 Å². The number of rotatable bonds is 3. The third-order valence-electron chi connectivity index (χ3n) is 2.91. The van der Waals surface area contributed by atoms with Crippen molar-refractivity contribution in [2.75, 3.05) is 6.61 Å². The standard InChI is InChI=1S/C12H15BrF3NO/c1-11(2,6-18)10(17)8-5-7(12(14,15)16)3-4-9(8)13/h3-5,10,18H,6,17H2,1-2H3/t10-/m1/s1. The molecule has 0 aliphatic heterocycles. The Hall–Kier alpha value is -0.590. The highest BCUT2D eigenvalue weighted by molar-refractivity contribution is 9.10. The first-order valence-electron chi connectivity index (χ1n) is 5.32. The number of nitrogens with two attached hydrogens (primary N) is 1. The zero-order valence-corrected chi connectivity index (χ0v) is 11.6. The fourth-order valence-electron chi connectivity index (χ4n) is 1.48. The first kappa shape index (κ1) is 15.5. The molecular weight excluding hydrogens is 311 g/mol. The molecule has 0 radical (unpaired) electrons. The molecule has 1 rings (SSSR count). The second-order valence-electron chi connectivity index (χ2n) is 4.86. The van der Waals surface area contributed by atoms with Gasteiger partial charge in [-0.3, -0.25) is 0 Å². The first-order valence-corrected chi connectivity index (χ1v) is 6.12. The molecule has 1 atom stereocenters. The lowest BCUT2D eigenvalue weighted by atomic mass is 9.81. The van der Waals surface area contributed by atoms with Crippen molar-refractivity contribution in [1.29, 1.82) is 0 Å². The molecule has 18 heavy (non-hydrogen) atoms. The van der Waals surface area contributed by atoms with Gasteiger partial charge in [0.1, 0.15) is 0 Å². The molecule has 0 unspecified atom stereocenters. The first-order chi connectivity index (χ1) is 8.09. The highest BCUT2D eigenvalue weighted by Crippen LogP contribution is 2.38. The topological polar surface area (TPSA) is 46.2 Å². The lowest BCUT2D eigenvalue weighted by Gasteiger charge is -2.30. The number of hydrogen-bond donors (Lipinski definition) is 2. The smallest absolute Gasteiger partial charge is 0.396 e. The van der Waals surface area contributed by atoms with Gasteiger partial charge in [0.2, 0.25) is 0 Å². The minimum absolute atomic E-state index is 0.211. The van der Waals surface area contributed by atoms with Gasteiger partial charge in [-0.05, 0) is 23.8 Å². The second kappa shape index (κ2) is 5.19. The minimum atomic E-state index is -4.40. The van der Waals surface area contributed by atoms with Crippen molar-refractivity contribution >= 4 is 15.9 Å². The number of hydrogen-bond acceptors (Lipinski definition) is 2. The number of halogens is 4. The van der Waals surface area contributed by atoms with Crippen LogP contribution >= 0.6 is 15.9 Å². The molecule has 3 N–H and O–H groups in total. The predicted octanol–water partition coefficient (Wildman–Crippen LogP) is 3.49. The summed E-state index contributed by atoms with van der Waals surface area (Å²) in [7, 11) is 0. The van der Waals surface area contributed by atoms with Gasteiger partial charge in [-0.25, -0.2) is 0 Å². The molecule has 0 saturated heterocycles. The number of alkyl halides is 3. The van der Waals surface area contributed by atoms with Gasteiger partial charge >= 0.3 is 6.18 Å². The molecule has 0 fully saturated rings. The summed E-state index contributed by atoms with van der Waals surface area (Å²) in [5.41, 5.74) is 4.83. The maximum atomic E-state index is 12.6. The summed E-state index contributed by atoms with van der Waals surface area (Å²) < 4.78 is 38.4. The summed E-state index contributed by atoms with van der Waals surface area (Å²) in [6, 6.07) is 2.64. The summed E-state index contributed by atoms with van der Waals surface area (Å²) in [4.78, 5) is 0. The predicted molar refractivity (Wildman–Crippen MR) is 66.9 cm³/mol. The fourth-order valence-corrected chi connectivity index (χ4v) is 1.97. The Bertz CT molecular complexity index is 432. The van der Waals surface area contributed by atoms with Crippen LogP contribution in [0.1, 0.15) is 31.0 Å². The monoisotopic (exact) mass is 325 g/mol. The number of benzene rings is 1. The van der Waals surface area contributed by atoms with Crippen molar-refractivity contribution in [2.45, 2.75) is 26.1 Å². The molecule has 2 nitrogen and oxygen atoms in total. The molecule has 1 aromatic rings. The van der Waals surface area contributed by atoms with Crippen LogP contribution < -0.4 is 5.73 Å². The van der Waals surface area contributed by atoms with E-state index in [1.807, 2.05) is 0 Å². The summed E-state index contributed by atoms with van der Waals surface area (Å²) >= 11 is 3.19. The third kappa shape index (κ3) is 3.24. The Morgan fingerprint density at radius 1 is 1.33 bits per heavy atom. The molecule has 6 heteroatoms. The van der Waals surface area contributed by atoms with Crippen molar-refractivity contribution in [3.8, 4) is 0 Å². The Labute approximate surface area is 112 Å². The van der Waals surface area contributed by atoms with Crippen molar-refractivity contribution in [3.63, 3.8) is 0 Å². The van der Waals surface area contributed by atoms with E-state index in [4.69, 9.17) is 5.73 Å². The van der Waals surface area contributed by atoms with Crippen molar-refractivity contribution in [1.82, 2.24) is 0 Å². The summed E-state index contributed by atoms with van der Waals surface area (Å²) in [5, 5.41) is 9.23. The van der Waals surface area contributed by atoms with Gasteiger partial charge < -0.3 is 10.8 Å². The van der Waals surface area contributed by atoms with Crippen molar-refractivity contribution in [3.05, 3.63) is 33.8 Å². The normalized spacial score (nSPS) is 14.7. The van der Waals surface area contributed by atoms with E-state index in [-0.39, 0.29) is 6.61 Å². The quantitative estimate of drug-likeness (QED) is 0.893. The maximum absolute atomic E-state index is 12.6. The van der Waals surface area contributed by atoms with Crippen LogP contribution in [-0.4, -0.2) is 11.7 Å². The molecule has 0 aliphatic rings. The maximum Gasteiger partial charge on any atom is 0.416 e. The van der Waals surface area contributed by atoms with Crippen LogP contribution in [0.5, 0.6) is 0 Å². The average Bonchev–Trinajstić information content (AvgIpc) is 2.27. The lowest BCUT2D eigenvalue weighted by molar-refractivity contribution is -0.137. The second-order valence-corrected chi connectivity index (χ2v) is 5.71. The van der Waals surface area contributed by atoms with Gasteiger partial charge in [0, 0.05) is 22.5 Å². The lowest BCUT2D eigenvalue weighted by Crippen LogP contribution is -2.32. The van der Waals surface area contributed by atoms with Crippen LogP contribution in [0.2, 0.25) is 0 Å². The molecule has 0 bridgehead atoms. The van der Waals surface area contributed by atoms with Crippen LogP contribution in [0.4, 0.5) is 13.2 Å². The van der Waals surface area contributed by atoms with Crippen LogP contribution in [0.3, 0.4) is 0 Å². The largest absolute Gasteiger partial charge is 0.416 e. The van der Waals surface area contributed by atoms with Gasteiger partial charge in [-0.1, -0.05) is 29.8 Å². The van der Waals surface area contributed by atoms with Gasteiger partial charge in [0.15, 0.2) is 0 Å². The molecule has 102 valence electrons. The van der Waals surface area contributed by atoms with E-state index in [0.717, 1.165) is 12.1 Å². The molecule has 1 aromatic carbocycles. The summed E-state index contributed by atoms with van der Waals surface area (Å²) in [6.07, 6.45) is -4.40. The van der Waals surface area contributed by atoms with Gasteiger partial charge in [-0.2, -0.15) is 13.2 Å². The van der Waals surface area contributed by atoms with E-state index in [0.29, 0.717) is 10.0 Å². The highest BCUT2D eigenvalue weighted by atomic mass is 79.9. The van der Waals surface area contributed by atoms with Gasteiger partial charge in [0.25, 0.3) is 0 Å². The van der Waals surface area contributed by atoms with Crippen LogP contribution in [0, 0.1) is 5.41 Å². The van der Waals surface area contributed by atoms with Gasteiger partial charge in [-0.15, -0.1) is 0 Å². The zero-order valence-electron chi connectivity index (χ0n) is 10.1. The van der Waals surface area contributed by atoms with E-state index in [9.17, 15) is 18.3 Å². The molecule has 0 amide bonds. The van der Waals surface area contributed by atoms with Crippen LogP contribution in [0.25, 0.3) is 0 Å². The van der Waals surface area contributed by atoms with E-state index in [1.54, 1.807) is 13.8 Å². The Morgan fingerprint density at radius 2 is 1.89 bits per heavy atom. The highest BCUT2D eigenvalue weighted by Gasteiger charge is 2.34. The fraction of sp³-hybridized carbons (Fsp3) is 0.500. The van der Waals surface area contributed by atoms with Crippen molar-refractivity contribution < 1.29 is 18.3 Å². The zero-order chi connectivity index (χ0) is 14.1. The average molecular weight is 326 g/mol. The van der Waals surface area contributed by atoms with E-state index in [1.165, 1.54) is 6.07 Å². The summed E-state index contributed by atoms with van der Waals surface area (Å²) in [5.74, 6) is 0. The molecule has 0 heterocycles. The Morgan fingerprint density at radius 3 is 2.33 bits per heavy atom. The van der Waals surface area contributed by atoms with E-state index >= 15 is 0 Å². The number of aliphatic hydroxyl groups excluding tert-OH is 1. The molecule has 0 saturated carbocycles. The van der Waals surface area contributed by atoms with Crippen molar-refractivity contribution in [2.24, 2.45) is 11.1 Å². The minimum Gasteiger partial charge on any atom is -0.396 e. The summed E-state index contributed by atoms with van der Waals surface area (Å²) in [6.45, 7) is 3.19. The molecule has 0 spiro atoms. The third-order valence-corrected chi connectivity index (χ3v) is 3.63. The number of aliphatic hydroxyl groups is 1. The molecule has 0 aliphatic carbocycles. The molecular formula is C12H15BrF3NO. The SMILES string of the molecule is CC(C)(CO)[C@H](N)c1cc(C(F)(F)F)ccc1Br. The Balaban J connectivity index is 3.24. The van der Waals surface area contributed by atoms with E-state index in [2.05, 4.69) is 15.9 Å².